The van der Waals surface area contributed by atoms with Crippen molar-refractivity contribution in [1.29, 1.82) is 0 Å². The smallest absolute Gasteiger partial charge is 0.191 e. The highest BCUT2D eigenvalue weighted by Gasteiger charge is 2.00. The molecule has 1 rings (SSSR count). The summed E-state index contributed by atoms with van der Waals surface area (Å²) in [5.74, 6) is 1.52. The van der Waals surface area contributed by atoms with E-state index < -0.39 is 0 Å². The third-order valence-electron chi connectivity index (χ3n) is 2.83. The first-order valence-electron chi connectivity index (χ1n) is 7.19. The van der Waals surface area contributed by atoms with E-state index in [4.69, 9.17) is 4.74 Å². The van der Waals surface area contributed by atoms with Crippen LogP contribution in [0, 0.1) is 12.8 Å². The normalized spacial score (nSPS) is 11.9. The lowest BCUT2D eigenvalue weighted by Gasteiger charge is -2.11. The Morgan fingerprint density at radius 2 is 2.10 bits per heavy atom. The molecular weight excluding hydrogens is 270 g/mol. The van der Waals surface area contributed by atoms with Crippen molar-refractivity contribution in [3.63, 3.8) is 0 Å². The minimum Gasteiger partial charge on any atom is -0.380 e. The number of nitrogens with zero attached hydrogens (tertiary/aromatic N) is 1. The van der Waals surface area contributed by atoms with Crippen LogP contribution in [0.1, 0.15) is 30.0 Å². The summed E-state index contributed by atoms with van der Waals surface area (Å²) in [5, 5.41) is 6.56. The third-order valence-corrected chi connectivity index (χ3v) is 3.83. The van der Waals surface area contributed by atoms with Gasteiger partial charge < -0.3 is 15.4 Å². The number of aliphatic imine (C=N–C) groups is 1. The molecule has 0 aliphatic heterocycles. The number of hydrogen-bond donors (Lipinski definition) is 2. The molecule has 0 saturated heterocycles. The molecule has 4 nitrogen and oxygen atoms in total. The van der Waals surface area contributed by atoms with Crippen LogP contribution in [0.15, 0.2) is 17.1 Å². The summed E-state index contributed by atoms with van der Waals surface area (Å²) in [6, 6.07) is 4.29. The Morgan fingerprint density at radius 1 is 1.30 bits per heavy atom. The van der Waals surface area contributed by atoms with Crippen molar-refractivity contribution in [2.75, 3.05) is 26.8 Å². The molecule has 1 heterocycles. The lowest BCUT2D eigenvalue weighted by molar-refractivity contribution is 0.128. The lowest BCUT2D eigenvalue weighted by atomic mass is 10.1. The van der Waals surface area contributed by atoms with E-state index in [1.807, 2.05) is 11.3 Å². The molecule has 0 aliphatic rings. The quantitative estimate of drug-likeness (QED) is 0.440. The monoisotopic (exact) mass is 297 g/mol. The first-order chi connectivity index (χ1) is 9.61. The van der Waals surface area contributed by atoms with Crippen LogP contribution < -0.4 is 10.6 Å². The fourth-order valence-electron chi connectivity index (χ4n) is 1.63. The highest BCUT2D eigenvalue weighted by Crippen LogP contribution is 2.14. The van der Waals surface area contributed by atoms with Crippen LogP contribution in [0.2, 0.25) is 0 Å². The molecule has 2 N–H and O–H groups in total. The lowest BCUT2D eigenvalue weighted by Crippen LogP contribution is -2.38. The summed E-state index contributed by atoms with van der Waals surface area (Å²) < 4.78 is 5.56. The second kappa shape index (κ2) is 9.77. The van der Waals surface area contributed by atoms with Crippen molar-refractivity contribution in [2.24, 2.45) is 10.9 Å². The van der Waals surface area contributed by atoms with Gasteiger partial charge in [-0.05, 0) is 31.4 Å². The first-order valence-corrected chi connectivity index (χ1v) is 8.01. The van der Waals surface area contributed by atoms with Gasteiger partial charge in [0.05, 0.1) is 13.2 Å². The predicted octanol–water partition coefficient (Wildman–Crippen LogP) is 2.78. The molecule has 114 valence electrons. The standard InChI is InChI=1S/C15H27N3OS/c1-12(2)7-9-19-10-8-17-15(16-4)18-11-14-6-5-13(3)20-14/h5-6,12H,7-11H2,1-4H3,(H2,16,17,18). The van der Waals surface area contributed by atoms with Crippen LogP contribution >= 0.6 is 11.3 Å². The molecule has 0 atom stereocenters. The highest BCUT2D eigenvalue weighted by molar-refractivity contribution is 7.11. The van der Waals surface area contributed by atoms with Crippen molar-refractivity contribution in [3.05, 3.63) is 21.9 Å². The molecule has 0 radical (unpaired) electrons. The summed E-state index contributed by atoms with van der Waals surface area (Å²) in [7, 11) is 1.79. The van der Waals surface area contributed by atoms with E-state index in [1.165, 1.54) is 9.75 Å². The molecular formula is C15H27N3OS. The predicted molar refractivity (Wildman–Crippen MR) is 87.5 cm³/mol. The van der Waals surface area contributed by atoms with Gasteiger partial charge in [-0.2, -0.15) is 0 Å². The molecule has 0 unspecified atom stereocenters. The van der Waals surface area contributed by atoms with E-state index >= 15 is 0 Å². The molecule has 0 saturated carbocycles. The number of hydrogen-bond acceptors (Lipinski definition) is 3. The van der Waals surface area contributed by atoms with E-state index in [9.17, 15) is 0 Å². The molecule has 1 aromatic heterocycles. The maximum atomic E-state index is 5.56. The van der Waals surface area contributed by atoms with Crippen molar-refractivity contribution in [1.82, 2.24) is 10.6 Å². The Balaban J connectivity index is 2.11. The summed E-state index contributed by atoms with van der Waals surface area (Å²) in [5.41, 5.74) is 0. The van der Waals surface area contributed by atoms with Gasteiger partial charge in [0, 0.05) is 30.0 Å². The number of thiophene rings is 1. The molecule has 0 aromatic carbocycles. The van der Waals surface area contributed by atoms with Crippen LogP contribution in [0.25, 0.3) is 0 Å². The van der Waals surface area contributed by atoms with Crippen molar-refractivity contribution in [2.45, 2.75) is 33.7 Å². The topological polar surface area (TPSA) is 45.7 Å². The van der Waals surface area contributed by atoms with E-state index in [1.54, 1.807) is 7.05 Å². The minimum absolute atomic E-state index is 0.701. The number of rotatable bonds is 8. The SMILES string of the molecule is CN=C(NCCOCCC(C)C)NCc1ccc(C)s1. The number of guanidine groups is 1. The van der Waals surface area contributed by atoms with Crippen molar-refractivity contribution in [3.8, 4) is 0 Å². The molecule has 0 fully saturated rings. The molecule has 20 heavy (non-hydrogen) atoms. The number of aryl methyl sites for hydroxylation is 1. The minimum atomic E-state index is 0.701. The summed E-state index contributed by atoms with van der Waals surface area (Å²) in [6.45, 7) is 9.67. The zero-order valence-corrected chi connectivity index (χ0v) is 13.8. The number of nitrogens with one attached hydrogen (secondary N) is 2. The molecule has 0 bridgehead atoms. The second-order valence-electron chi connectivity index (χ2n) is 5.16. The molecule has 0 aliphatic carbocycles. The zero-order valence-electron chi connectivity index (χ0n) is 13.0. The van der Waals surface area contributed by atoms with E-state index in [-0.39, 0.29) is 0 Å². The summed E-state index contributed by atoms with van der Waals surface area (Å²) in [6.07, 6.45) is 1.12. The highest BCUT2D eigenvalue weighted by atomic mass is 32.1. The van der Waals surface area contributed by atoms with Crippen LogP contribution in [0.4, 0.5) is 0 Å². The Hall–Kier alpha value is -1.07. The second-order valence-corrected chi connectivity index (χ2v) is 6.53. The van der Waals surface area contributed by atoms with Gasteiger partial charge in [0.1, 0.15) is 0 Å². The fourth-order valence-corrected chi connectivity index (χ4v) is 2.46. The van der Waals surface area contributed by atoms with E-state index in [0.29, 0.717) is 12.5 Å². The Bertz CT molecular complexity index is 402. The van der Waals surface area contributed by atoms with Gasteiger partial charge in [-0.25, -0.2) is 0 Å². The first kappa shape index (κ1) is 17.0. The molecule has 5 heteroatoms. The van der Waals surface area contributed by atoms with E-state index in [2.05, 4.69) is 48.5 Å². The Kier molecular flexibility index (Phi) is 8.30. The van der Waals surface area contributed by atoms with Crippen LogP contribution in [0.3, 0.4) is 0 Å². The molecule has 0 spiro atoms. The van der Waals surface area contributed by atoms with Gasteiger partial charge in [-0.15, -0.1) is 11.3 Å². The van der Waals surface area contributed by atoms with Crippen molar-refractivity contribution < 1.29 is 4.74 Å². The average molecular weight is 297 g/mol. The van der Waals surface area contributed by atoms with E-state index in [0.717, 1.165) is 32.1 Å². The Morgan fingerprint density at radius 3 is 2.70 bits per heavy atom. The zero-order chi connectivity index (χ0) is 14.8. The Labute approximate surface area is 126 Å². The van der Waals surface area contributed by atoms with Gasteiger partial charge >= 0.3 is 0 Å². The van der Waals surface area contributed by atoms with Gasteiger partial charge in [-0.1, -0.05) is 13.8 Å². The average Bonchev–Trinajstić information content (AvgIpc) is 2.82. The van der Waals surface area contributed by atoms with Gasteiger partial charge in [-0.3, -0.25) is 4.99 Å². The number of ether oxygens (including phenoxy) is 1. The van der Waals surface area contributed by atoms with Gasteiger partial charge in [0.15, 0.2) is 5.96 Å². The fraction of sp³-hybridized carbons (Fsp3) is 0.667. The summed E-state index contributed by atoms with van der Waals surface area (Å²) in [4.78, 5) is 6.85. The summed E-state index contributed by atoms with van der Waals surface area (Å²) >= 11 is 1.81. The molecule has 1 aromatic rings. The van der Waals surface area contributed by atoms with Crippen LogP contribution in [0.5, 0.6) is 0 Å². The van der Waals surface area contributed by atoms with Crippen LogP contribution in [-0.2, 0) is 11.3 Å². The van der Waals surface area contributed by atoms with Crippen LogP contribution in [-0.4, -0.2) is 32.8 Å². The maximum Gasteiger partial charge on any atom is 0.191 e. The third kappa shape index (κ3) is 7.50. The molecule has 0 amide bonds. The maximum absolute atomic E-state index is 5.56. The van der Waals surface area contributed by atoms with Gasteiger partial charge in [0.2, 0.25) is 0 Å². The van der Waals surface area contributed by atoms with Gasteiger partial charge in [0.25, 0.3) is 0 Å². The van der Waals surface area contributed by atoms with Crippen molar-refractivity contribution >= 4 is 17.3 Å². The largest absolute Gasteiger partial charge is 0.380 e.